The van der Waals surface area contributed by atoms with E-state index in [2.05, 4.69) is 9.71 Å². The number of aromatic nitrogens is 1. The van der Waals surface area contributed by atoms with Crippen LogP contribution in [0.25, 0.3) is 10.9 Å². The first-order valence-corrected chi connectivity index (χ1v) is 15.7. The van der Waals surface area contributed by atoms with E-state index in [4.69, 9.17) is 4.74 Å². The van der Waals surface area contributed by atoms with Crippen LogP contribution in [0.4, 0.5) is 10.1 Å². The van der Waals surface area contributed by atoms with Crippen molar-refractivity contribution in [1.82, 2.24) is 9.88 Å². The summed E-state index contributed by atoms with van der Waals surface area (Å²) in [5.41, 5.74) is 3.95. The Bertz CT molecular complexity index is 1860. The largest absolute Gasteiger partial charge is 0.478 e. The minimum atomic E-state index is -3.72. The molecule has 0 spiro atoms. The van der Waals surface area contributed by atoms with E-state index in [9.17, 15) is 17.6 Å². The highest BCUT2D eigenvalue weighted by molar-refractivity contribution is 7.92. The lowest BCUT2D eigenvalue weighted by molar-refractivity contribution is 0.0719. The number of amides is 1. The summed E-state index contributed by atoms with van der Waals surface area (Å²) in [5.74, 6) is -0.564. The standard InChI is InChI=1S/C34H30FN3O4S/c1-3-43(40,41)37-30-27-15-10-20-36-31(27)33(42-32(24-11-6-4-7-12-24)25-13-8-5-9-14-25)29-28(30)22(2)38(34(29)39)21-23-16-18-26(35)19-17-23/h4-20,22,32,37H,3,21H2,1-2H3. The number of carbonyl (C=O) groups is 1. The molecule has 2 heterocycles. The van der Waals surface area contributed by atoms with Crippen molar-refractivity contribution in [3.63, 3.8) is 0 Å². The van der Waals surface area contributed by atoms with Crippen molar-refractivity contribution in [2.45, 2.75) is 32.5 Å². The molecular weight excluding hydrogens is 565 g/mol. The summed E-state index contributed by atoms with van der Waals surface area (Å²) in [4.78, 5) is 20.6. The van der Waals surface area contributed by atoms with Crippen molar-refractivity contribution >= 4 is 32.5 Å². The van der Waals surface area contributed by atoms with Crippen LogP contribution in [0.15, 0.2) is 103 Å². The third-order valence-corrected chi connectivity index (χ3v) is 9.04. The second-order valence-corrected chi connectivity index (χ2v) is 12.5. The van der Waals surface area contributed by atoms with Gasteiger partial charge in [0.1, 0.15) is 17.4 Å². The number of benzene rings is 4. The molecule has 5 aromatic rings. The number of sulfonamides is 1. The quantitative estimate of drug-likeness (QED) is 0.198. The normalized spacial score (nSPS) is 14.7. The molecule has 0 bridgehead atoms. The summed E-state index contributed by atoms with van der Waals surface area (Å²) >= 11 is 0. The van der Waals surface area contributed by atoms with Gasteiger partial charge in [0.05, 0.1) is 23.0 Å². The molecule has 4 aromatic carbocycles. The molecule has 1 N–H and O–H groups in total. The molecule has 0 saturated carbocycles. The van der Waals surface area contributed by atoms with Gasteiger partial charge in [-0.2, -0.15) is 0 Å². The first-order valence-electron chi connectivity index (χ1n) is 14.0. The monoisotopic (exact) mass is 595 g/mol. The highest BCUT2D eigenvalue weighted by Gasteiger charge is 2.42. The number of fused-ring (bicyclic) bond motifs is 2. The zero-order valence-corrected chi connectivity index (χ0v) is 24.5. The number of halogens is 1. The van der Waals surface area contributed by atoms with Crippen LogP contribution in [0.1, 0.15) is 58.6 Å². The van der Waals surface area contributed by atoms with Gasteiger partial charge in [0, 0.05) is 23.7 Å². The Kier molecular flexibility index (Phi) is 7.58. The summed E-state index contributed by atoms with van der Waals surface area (Å²) in [6.07, 6.45) is 1.02. The van der Waals surface area contributed by atoms with Crippen LogP contribution in [0, 0.1) is 5.82 Å². The van der Waals surface area contributed by atoms with Crippen LogP contribution in [0.2, 0.25) is 0 Å². The first kappa shape index (κ1) is 28.4. The number of nitrogens with one attached hydrogen (secondary N) is 1. The lowest BCUT2D eigenvalue weighted by Crippen LogP contribution is -2.26. The molecule has 0 fully saturated rings. The Morgan fingerprint density at radius 3 is 2.16 bits per heavy atom. The maximum atomic E-state index is 14.4. The van der Waals surface area contributed by atoms with Gasteiger partial charge >= 0.3 is 0 Å². The number of hydrogen-bond donors (Lipinski definition) is 1. The predicted octanol–water partition coefficient (Wildman–Crippen LogP) is 7.02. The van der Waals surface area contributed by atoms with Gasteiger partial charge in [-0.25, -0.2) is 12.8 Å². The molecule has 1 atom stereocenters. The van der Waals surface area contributed by atoms with Crippen molar-refractivity contribution < 1.29 is 22.3 Å². The highest BCUT2D eigenvalue weighted by Crippen LogP contribution is 2.49. The first-order chi connectivity index (χ1) is 20.8. The lowest BCUT2D eigenvalue weighted by Gasteiger charge is -2.24. The molecule has 0 aliphatic carbocycles. The van der Waals surface area contributed by atoms with Crippen LogP contribution in [-0.2, 0) is 16.6 Å². The van der Waals surface area contributed by atoms with E-state index >= 15 is 0 Å². The summed E-state index contributed by atoms with van der Waals surface area (Å²) in [6, 6.07) is 28.4. The van der Waals surface area contributed by atoms with Gasteiger partial charge in [-0.05, 0) is 54.8 Å². The zero-order chi connectivity index (χ0) is 30.1. The molecule has 1 unspecified atom stereocenters. The number of pyridine rings is 1. The number of ether oxygens (including phenoxy) is 1. The molecular formula is C34H30FN3O4S. The van der Waals surface area contributed by atoms with Crippen LogP contribution < -0.4 is 9.46 Å². The molecule has 1 aromatic heterocycles. The van der Waals surface area contributed by atoms with Gasteiger partial charge in [-0.15, -0.1) is 0 Å². The van der Waals surface area contributed by atoms with E-state index in [0.29, 0.717) is 22.2 Å². The summed E-state index contributed by atoms with van der Waals surface area (Å²) < 4.78 is 49.1. The van der Waals surface area contributed by atoms with Crippen molar-refractivity contribution in [2.24, 2.45) is 0 Å². The maximum Gasteiger partial charge on any atom is 0.258 e. The fraction of sp³-hybridized carbons (Fsp3) is 0.176. The highest BCUT2D eigenvalue weighted by atomic mass is 32.2. The van der Waals surface area contributed by atoms with Gasteiger partial charge in [-0.3, -0.25) is 14.5 Å². The van der Waals surface area contributed by atoms with Gasteiger partial charge < -0.3 is 9.64 Å². The molecule has 1 aliphatic heterocycles. The molecule has 218 valence electrons. The lowest BCUT2D eigenvalue weighted by atomic mass is 9.97. The van der Waals surface area contributed by atoms with Crippen LogP contribution in [0.3, 0.4) is 0 Å². The molecule has 6 rings (SSSR count). The van der Waals surface area contributed by atoms with Crippen molar-refractivity contribution in [1.29, 1.82) is 0 Å². The smallest absolute Gasteiger partial charge is 0.258 e. The second kappa shape index (κ2) is 11.5. The fourth-order valence-electron chi connectivity index (χ4n) is 5.55. The third kappa shape index (κ3) is 5.44. The number of anilines is 1. The molecule has 0 saturated heterocycles. The minimum Gasteiger partial charge on any atom is -0.478 e. The van der Waals surface area contributed by atoms with Crippen LogP contribution in [-0.4, -0.2) is 30.0 Å². The Labute approximate surface area is 250 Å². The number of nitrogens with zero attached hydrogens (tertiary/aromatic N) is 2. The molecule has 1 aliphatic rings. The summed E-state index contributed by atoms with van der Waals surface area (Å²) in [7, 11) is -3.72. The average Bonchev–Trinajstić information content (AvgIpc) is 3.27. The van der Waals surface area contributed by atoms with Gasteiger partial charge in [0.2, 0.25) is 10.0 Å². The summed E-state index contributed by atoms with van der Waals surface area (Å²) in [6.45, 7) is 3.61. The SMILES string of the molecule is CCS(=O)(=O)Nc1c2c(c(OC(c3ccccc3)c3ccccc3)c3ncccc13)C(=O)N(Cc1ccc(F)cc1)C2C. The van der Waals surface area contributed by atoms with Crippen molar-refractivity contribution in [3.05, 3.63) is 137 Å². The van der Waals surface area contributed by atoms with Gasteiger partial charge in [0.25, 0.3) is 5.91 Å². The van der Waals surface area contributed by atoms with E-state index in [-0.39, 0.29) is 35.3 Å². The maximum absolute atomic E-state index is 14.4. The van der Waals surface area contributed by atoms with E-state index in [1.54, 1.807) is 42.3 Å². The summed E-state index contributed by atoms with van der Waals surface area (Å²) in [5, 5.41) is 0.524. The van der Waals surface area contributed by atoms with E-state index in [1.165, 1.54) is 12.1 Å². The van der Waals surface area contributed by atoms with E-state index < -0.39 is 22.2 Å². The van der Waals surface area contributed by atoms with Crippen LogP contribution >= 0.6 is 0 Å². The molecule has 7 nitrogen and oxygen atoms in total. The predicted molar refractivity (Wildman–Crippen MR) is 165 cm³/mol. The number of rotatable bonds is 9. The van der Waals surface area contributed by atoms with Gasteiger partial charge in [-0.1, -0.05) is 72.8 Å². The third-order valence-electron chi connectivity index (χ3n) is 7.76. The Balaban J connectivity index is 1.58. The average molecular weight is 596 g/mol. The minimum absolute atomic E-state index is 0.145. The molecule has 1 amide bonds. The van der Waals surface area contributed by atoms with Gasteiger partial charge in [0.15, 0.2) is 5.75 Å². The Morgan fingerprint density at radius 2 is 1.56 bits per heavy atom. The van der Waals surface area contributed by atoms with Crippen LogP contribution in [0.5, 0.6) is 5.75 Å². The van der Waals surface area contributed by atoms with Crippen molar-refractivity contribution in [2.75, 3.05) is 10.5 Å². The zero-order valence-electron chi connectivity index (χ0n) is 23.7. The fourth-order valence-corrected chi connectivity index (χ4v) is 6.23. The topological polar surface area (TPSA) is 88.6 Å². The molecule has 0 radical (unpaired) electrons. The second-order valence-electron chi connectivity index (χ2n) is 10.5. The molecule has 43 heavy (non-hydrogen) atoms. The number of carbonyl (C=O) groups excluding carboxylic acids is 1. The Hall–Kier alpha value is -4.76. The Morgan fingerprint density at radius 1 is 0.930 bits per heavy atom. The van der Waals surface area contributed by atoms with E-state index in [1.807, 2.05) is 67.6 Å². The molecule has 9 heteroatoms. The van der Waals surface area contributed by atoms with Crippen molar-refractivity contribution in [3.8, 4) is 5.75 Å². The van der Waals surface area contributed by atoms with E-state index in [0.717, 1.165) is 16.7 Å². The number of hydrogen-bond acceptors (Lipinski definition) is 5.